The SMILES string of the molecule is Cc1ccc2nc(NC(=O)CSc3nnc4ccc(-c5ccncc5)nn34)sc2c1. The fourth-order valence-electron chi connectivity index (χ4n) is 2.91. The van der Waals surface area contributed by atoms with Gasteiger partial charge in [0.25, 0.3) is 0 Å². The Balaban J connectivity index is 1.31. The molecule has 4 heterocycles. The maximum absolute atomic E-state index is 12.4. The second-order valence-electron chi connectivity index (χ2n) is 6.53. The standard InChI is InChI=1S/C20H15N7OS2/c1-12-2-3-15-16(10-12)30-19(22-15)23-18(28)11-29-20-25-24-17-5-4-14(26-27(17)20)13-6-8-21-9-7-13/h2-10H,11H2,1H3,(H,22,23,28). The molecule has 0 bridgehead atoms. The number of rotatable bonds is 5. The van der Waals surface area contributed by atoms with Crippen LogP contribution in [-0.2, 0) is 4.79 Å². The van der Waals surface area contributed by atoms with E-state index in [1.54, 1.807) is 16.9 Å². The summed E-state index contributed by atoms with van der Waals surface area (Å²) in [6.45, 7) is 2.03. The van der Waals surface area contributed by atoms with E-state index in [0.717, 1.165) is 27.0 Å². The first-order chi connectivity index (χ1) is 14.7. The van der Waals surface area contributed by atoms with E-state index in [2.05, 4.69) is 36.6 Å². The summed E-state index contributed by atoms with van der Waals surface area (Å²) in [4.78, 5) is 20.9. The lowest BCUT2D eigenvalue weighted by Crippen LogP contribution is -2.14. The molecule has 1 aromatic carbocycles. The van der Waals surface area contributed by atoms with Gasteiger partial charge in [-0.15, -0.1) is 10.2 Å². The average Bonchev–Trinajstić information content (AvgIpc) is 3.35. The van der Waals surface area contributed by atoms with Gasteiger partial charge in [-0.05, 0) is 48.9 Å². The Labute approximate surface area is 179 Å². The zero-order valence-corrected chi connectivity index (χ0v) is 17.4. The number of benzene rings is 1. The van der Waals surface area contributed by atoms with E-state index in [1.165, 1.54) is 23.1 Å². The predicted octanol–water partition coefficient (Wildman–Crippen LogP) is 3.84. The van der Waals surface area contributed by atoms with E-state index < -0.39 is 0 Å². The smallest absolute Gasteiger partial charge is 0.236 e. The number of thiazole rings is 1. The number of nitrogens with one attached hydrogen (secondary N) is 1. The van der Waals surface area contributed by atoms with Crippen molar-refractivity contribution in [2.24, 2.45) is 0 Å². The Bertz CT molecular complexity index is 1360. The summed E-state index contributed by atoms with van der Waals surface area (Å²) in [7, 11) is 0. The molecule has 5 aromatic rings. The van der Waals surface area contributed by atoms with Gasteiger partial charge in [-0.1, -0.05) is 29.2 Å². The Morgan fingerprint density at radius 2 is 2.00 bits per heavy atom. The van der Waals surface area contributed by atoms with Crippen molar-refractivity contribution in [1.82, 2.24) is 29.8 Å². The highest BCUT2D eigenvalue weighted by Gasteiger charge is 2.13. The number of amides is 1. The number of nitrogens with zero attached hydrogens (tertiary/aromatic N) is 6. The van der Waals surface area contributed by atoms with Crippen LogP contribution in [-0.4, -0.2) is 41.4 Å². The topological polar surface area (TPSA) is 98.0 Å². The number of carbonyl (C=O) groups is 1. The summed E-state index contributed by atoms with van der Waals surface area (Å²) in [5.41, 5.74) is 4.39. The number of aromatic nitrogens is 6. The summed E-state index contributed by atoms with van der Waals surface area (Å²) in [6.07, 6.45) is 3.44. The van der Waals surface area contributed by atoms with E-state index in [4.69, 9.17) is 0 Å². The van der Waals surface area contributed by atoms with E-state index in [1.807, 2.05) is 43.3 Å². The zero-order chi connectivity index (χ0) is 20.5. The molecule has 148 valence electrons. The summed E-state index contributed by atoms with van der Waals surface area (Å²) in [5, 5.41) is 16.9. The first-order valence-corrected chi connectivity index (χ1v) is 10.9. The van der Waals surface area contributed by atoms with Gasteiger partial charge >= 0.3 is 0 Å². The van der Waals surface area contributed by atoms with Gasteiger partial charge in [0.05, 0.1) is 21.7 Å². The number of hydrogen-bond donors (Lipinski definition) is 1. The molecule has 10 heteroatoms. The number of aryl methyl sites for hydroxylation is 1. The zero-order valence-electron chi connectivity index (χ0n) is 15.8. The third-order valence-corrected chi connectivity index (χ3v) is 6.19. The predicted molar refractivity (Wildman–Crippen MR) is 118 cm³/mol. The van der Waals surface area contributed by atoms with Gasteiger partial charge < -0.3 is 5.32 Å². The molecule has 0 aliphatic carbocycles. The number of pyridine rings is 1. The second kappa shape index (κ2) is 7.81. The first kappa shape index (κ1) is 18.6. The molecule has 4 aromatic heterocycles. The molecular weight excluding hydrogens is 418 g/mol. The highest BCUT2D eigenvalue weighted by Crippen LogP contribution is 2.27. The van der Waals surface area contributed by atoms with E-state index in [-0.39, 0.29) is 11.7 Å². The summed E-state index contributed by atoms with van der Waals surface area (Å²) in [6, 6.07) is 13.5. The molecule has 0 spiro atoms. The van der Waals surface area contributed by atoms with Crippen LogP contribution in [0.1, 0.15) is 5.56 Å². The Kier molecular flexibility index (Phi) is 4.85. The van der Waals surface area contributed by atoms with Crippen molar-refractivity contribution in [1.29, 1.82) is 0 Å². The minimum Gasteiger partial charge on any atom is -0.301 e. The highest BCUT2D eigenvalue weighted by atomic mass is 32.2. The number of anilines is 1. The average molecular weight is 434 g/mol. The van der Waals surface area contributed by atoms with E-state index >= 15 is 0 Å². The van der Waals surface area contributed by atoms with Gasteiger partial charge in [-0.3, -0.25) is 9.78 Å². The highest BCUT2D eigenvalue weighted by molar-refractivity contribution is 7.99. The van der Waals surface area contributed by atoms with Crippen LogP contribution in [0.5, 0.6) is 0 Å². The van der Waals surface area contributed by atoms with Crippen LogP contribution in [0.25, 0.3) is 27.1 Å². The van der Waals surface area contributed by atoms with Crippen LogP contribution in [0.15, 0.2) is 60.0 Å². The normalized spacial score (nSPS) is 11.2. The molecule has 0 aliphatic heterocycles. The second-order valence-corrected chi connectivity index (χ2v) is 8.51. The number of carbonyl (C=O) groups excluding carboxylic acids is 1. The molecule has 0 fully saturated rings. The van der Waals surface area contributed by atoms with Crippen LogP contribution in [0.2, 0.25) is 0 Å². The molecule has 0 aliphatic rings. The Morgan fingerprint density at radius 3 is 2.87 bits per heavy atom. The minimum absolute atomic E-state index is 0.155. The molecule has 0 saturated heterocycles. The van der Waals surface area contributed by atoms with Gasteiger partial charge in [-0.2, -0.15) is 9.61 Å². The molecule has 0 unspecified atom stereocenters. The summed E-state index contributed by atoms with van der Waals surface area (Å²) < 4.78 is 2.70. The number of thioether (sulfide) groups is 1. The van der Waals surface area contributed by atoms with Crippen molar-refractivity contribution >= 4 is 50.0 Å². The minimum atomic E-state index is -0.155. The first-order valence-electron chi connectivity index (χ1n) is 9.08. The number of fused-ring (bicyclic) bond motifs is 2. The van der Waals surface area contributed by atoms with Crippen molar-refractivity contribution in [3.05, 3.63) is 60.4 Å². The van der Waals surface area contributed by atoms with Crippen molar-refractivity contribution in [2.45, 2.75) is 12.1 Å². The fourth-order valence-corrected chi connectivity index (χ4v) is 4.57. The number of hydrogen-bond acceptors (Lipinski definition) is 8. The monoisotopic (exact) mass is 433 g/mol. The van der Waals surface area contributed by atoms with Crippen LogP contribution in [0, 0.1) is 6.92 Å². The van der Waals surface area contributed by atoms with Crippen LogP contribution < -0.4 is 5.32 Å². The van der Waals surface area contributed by atoms with E-state index in [9.17, 15) is 4.79 Å². The van der Waals surface area contributed by atoms with Gasteiger partial charge in [-0.25, -0.2) is 4.98 Å². The summed E-state index contributed by atoms with van der Waals surface area (Å²) in [5.74, 6) is 0.0227. The lowest BCUT2D eigenvalue weighted by atomic mass is 10.2. The third-order valence-electron chi connectivity index (χ3n) is 4.33. The quantitative estimate of drug-likeness (QED) is 0.421. The molecule has 1 amide bonds. The Morgan fingerprint density at radius 1 is 1.13 bits per heavy atom. The molecule has 30 heavy (non-hydrogen) atoms. The molecule has 0 atom stereocenters. The Hall–Kier alpha value is -3.37. The molecule has 0 saturated carbocycles. The van der Waals surface area contributed by atoms with Crippen molar-refractivity contribution in [3.8, 4) is 11.3 Å². The van der Waals surface area contributed by atoms with Crippen LogP contribution >= 0.6 is 23.1 Å². The molecule has 5 rings (SSSR count). The largest absolute Gasteiger partial charge is 0.301 e. The van der Waals surface area contributed by atoms with Crippen LogP contribution in [0.4, 0.5) is 5.13 Å². The lowest BCUT2D eigenvalue weighted by Gasteiger charge is -2.03. The lowest BCUT2D eigenvalue weighted by molar-refractivity contribution is -0.113. The molecule has 1 N–H and O–H groups in total. The fraction of sp³-hybridized carbons (Fsp3) is 0.100. The molecular formula is C20H15N7OS2. The van der Waals surface area contributed by atoms with Crippen molar-refractivity contribution < 1.29 is 4.79 Å². The van der Waals surface area contributed by atoms with Gasteiger partial charge in [0.2, 0.25) is 11.1 Å². The van der Waals surface area contributed by atoms with Gasteiger partial charge in [0.1, 0.15) is 0 Å². The van der Waals surface area contributed by atoms with Gasteiger partial charge in [0, 0.05) is 18.0 Å². The van der Waals surface area contributed by atoms with E-state index in [0.29, 0.717) is 15.9 Å². The maximum Gasteiger partial charge on any atom is 0.236 e. The van der Waals surface area contributed by atoms with Gasteiger partial charge in [0.15, 0.2) is 10.8 Å². The molecule has 8 nitrogen and oxygen atoms in total. The van der Waals surface area contributed by atoms with Crippen LogP contribution in [0.3, 0.4) is 0 Å². The van der Waals surface area contributed by atoms with Crippen molar-refractivity contribution in [2.75, 3.05) is 11.1 Å². The molecule has 0 radical (unpaired) electrons. The maximum atomic E-state index is 12.4. The third kappa shape index (κ3) is 3.74. The van der Waals surface area contributed by atoms with Crippen molar-refractivity contribution in [3.63, 3.8) is 0 Å². The summed E-state index contributed by atoms with van der Waals surface area (Å²) >= 11 is 2.74.